The molecule has 1 unspecified atom stereocenters. The molecule has 0 spiro atoms. The monoisotopic (exact) mass is 441 g/mol. The second kappa shape index (κ2) is 9.55. The molecule has 2 aromatic carbocycles. The van der Waals surface area contributed by atoms with Gasteiger partial charge in [-0.05, 0) is 48.5 Å². The van der Waals surface area contributed by atoms with E-state index in [-0.39, 0.29) is 17.5 Å². The van der Waals surface area contributed by atoms with Crippen LogP contribution < -0.4 is 14.4 Å². The number of furan rings is 1. The van der Waals surface area contributed by atoms with Crippen molar-refractivity contribution in [3.05, 3.63) is 78.8 Å². The highest BCUT2D eigenvalue weighted by molar-refractivity contribution is 7.89. The minimum Gasteiger partial charge on any atom is -0.497 e. The van der Waals surface area contributed by atoms with Crippen molar-refractivity contribution < 1.29 is 17.6 Å². The zero-order valence-electron chi connectivity index (χ0n) is 17.5. The largest absolute Gasteiger partial charge is 0.497 e. The van der Waals surface area contributed by atoms with Crippen LogP contribution in [0.25, 0.3) is 0 Å². The van der Waals surface area contributed by atoms with E-state index in [9.17, 15) is 8.42 Å². The standard InChI is InChI=1S/C23H27N3O4S/c1-29-20-11-9-19(10-12-20)25-13-15-26(16-14-25)22(23-8-5-17-30-23)18-24-31(27,28)21-6-3-2-4-7-21/h2-12,17,22,24H,13-16,18H2,1H3. The molecule has 164 valence electrons. The van der Waals surface area contributed by atoms with Crippen LogP contribution in [0.1, 0.15) is 11.8 Å². The number of piperazine rings is 1. The van der Waals surface area contributed by atoms with Crippen molar-refractivity contribution in [2.75, 3.05) is 44.7 Å². The first-order valence-electron chi connectivity index (χ1n) is 10.3. The predicted molar refractivity (Wildman–Crippen MR) is 120 cm³/mol. The summed E-state index contributed by atoms with van der Waals surface area (Å²) in [5.41, 5.74) is 1.15. The van der Waals surface area contributed by atoms with E-state index in [0.29, 0.717) is 0 Å². The molecule has 0 amide bonds. The topological polar surface area (TPSA) is 75.0 Å². The first-order chi connectivity index (χ1) is 15.1. The molecule has 1 aliphatic rings. The number of hydrogen-bond donors (Lipinski definition) is 1. The van der Waals surface area contributed by atoms with Crippen LogP contribution in [0.3, 0.4) is 0 Å². The van der Waals surface area contributed by atoms with E-state index < -0.39 is 10.0 Å². The third-order valence-electron chi connectivity index (χ3n) is 5.58. The van der Waals surface area contributed by atoms with E-state index in [4.69, 9.17) is 9.15 Å². The number of nitrogens with zero attached hydrogens (tertiary/aromatic N) is 2. The van der Waals surface area contributed by atoms with Crippen LogP contribution in [0, 0.1) is 0 Å². The maximum atomic E-state index is 12.7. The molecular formula is C23H27N3O4S. The second-order valence-corrected chi connectivity index (χ2v) is 9.18. The molecule has 0 bridgehead atoms. The number of ether oxygens (including phenoxy) is 1. The van der Waals surface area contributed by atoms with Gasteiger partial charge in [0.15, 0.2) is 0 Å². The number of benzene rings is 2. The molecule has 4 rings (SSSR count). The Balaban J connectivity index is 1.43. The Morgan fingerprint density at radius 3 is 2.29 bits per heavy atom. The molecule has 1 aromatic heterocycles. The van der Waals surface area contributed by atoms with Gasteiger partial charge in [0.25, 0.3) is 0 Å². The summed E-state index contributed by atoms with van der Waals surface area (Å²) < 4.78 is 39.1. The van der Waals surface area contributed by atoms with Crippen molar-refractivity contribution in [3.8, 4) is 5.75 Å². The maximum absolute atomic E-state index is 12.7. The van der Waals surface area contributed by atoms with E-state index in [0.717, 1.165) is 43.4 Å². The minimum absolute atomic E-state index is 0.175. The third-order valence-corrected chi connectivity index (χ3v) is 7.02. The molecule has 31 heavy (non-hydrogen) atoms. The summed E-state index contributed by atoms with van der Waals surface area (Å²) in [6, 6.07) is 20.0. The Bertz CT molecular complexity index is 1050. The molecule has 1 aliphatic heterocycles. The molecular weight excluding hydrogens is 414 g/mol. The fourth-order valence-corrected chi connectivity index (χ4v) is 4.91. The highest BCUT2D eigenvalue weighted by atomic mass is 32.2. The van der Waals surface area contributed by atoms with Gasteiger partial charge in [-0.1, -0.05) is 18.2 Å². The Morgan fingerprint density at radius 1 is 0.968 bits per heavy atom. The molecule has 3 aromatic rings. The summed E-state index contributed by atoms with van der Waals surface area (Å²) in [5.74, 6) is 1.60. The van der Waals surface area contributed by atoms with Crippen molar-refractivity contribution in [1.29, 1.82) is 0 Å². The van der Waals surface area contributed by atoms with Gasteiger partial charge < -0.3 is 14.1 Å². The van der Waals surface area contributed by atoms with Crippen molar-refractivity contribution in [3.63, 3.8) is 0 Å². The van der Waals surface area contributed by atoms with Gasteiger partial charge in [-0.25, -0.2) is 13.1 Å². The van der Waals surface area contributed by atoms with Crippen LogP contribution in [0.2, 0.25) is 0 Å². The summed E-state index contributed by atoms with van der Waals surface area (Å²) in [6.07, 6.45) is 1.63. The SMILES string of the molecule is COc1ccc(N2CCN(C(CNS(=O)(=O)c3ccccc3)c3ccco3)CC2)cc1. The molecule has 0 aliphatic carbocycles. The molecule has 0 radical (unpaired) electrons. The normalized spacial score (nSPS) is 16.2. The van der Waals surface area contributed by atoms with Crippen LogP contribution in [0.5, 0.6) is 5.75 Å². The van der Waals surface area contributed by atoms with Crippen LogP contribution >= 0.6 is 0 Å². The molecule has 0 saturated carbocycles. The van der Waals surface area contributed by atoms with Gasteiger partial charge in [-0.15, -0.1) is 0 Å². The van der Waals surface area contributed by atoms with Crippen LogP contribution in [-0.2, 0) is 10.0 Å². The number of methoxy groups -OCH3 is 1. The Morgan fingerprint density at radius 2 is 1.68 bits per heavy atom. The Hall–Kier alpha value is -2.81. The van der Waals surface area contributed by atoms with Gasteiger partial charge >= 0.3 is 0 Å². The highest BCUT2D eigenvalue weighted by Crippen LogP contribution is 2.26. The van der Waals surface area contributed by atoms with Crippen molar-refractivity contribution in [2.24, 2.45) is 0 Å². The average Bonchev–Trinajstić information content (AvgIpc) is 3.35. The summed E-state index contributed by atoms with van der Waals surface area (Å²) in [7, 11) is -1.92. The quantitative estimate of drug-likeness (QED) is 0.579. The molecule has 1 atom stereocenters. The number of anilines is 1. The second-order valence-electron chi connectivity index (χ2n) is 7.42. The summed E-state index contributed by atoms with van der Waals surface area (Å²) in [4.78, 5) is 4.85. The smallest absolute Gasteiger partial charge is 0.240 e. The summed E-state index contributed by atoms with van der Waals surface area (Å²) in [6.45, 7) is 3.52. The Labute approximate surface area is 183 Å². The lowest BCUT2D eigenvalue weighted by Crippen LogP contribution is -2.49. The fourth-order valence-electron chi connectivity index (χ4n) is 3.85. The van der Waals surface area contributed by atoms with Crippen LogP contribution in [-0.4, -0.2) is 53.2 Å². The van der Waals surface area contributed by atoms with Gasteiger partial charge in [0, 0.05) is 38.4 Å². The van der Waals surface area contributed by atoms with Gasteiger partial charge in [-0.3, -0.25) is 4.90 Å². The van der Waals surface area contributed by atoms with E-state index in [1.165, 1.54) is 0 Å². The van der Waals surface area contributed by atoms with E-state index in [1.807, 2.05) is 24.3 Å². The van der Waals surface area contributed by atoms with E-state index in [2.05, 4.69) is 26.7 Å². The summed E-state index contributed by atoms with van der Waals surface area (Å²) in [5, 5.41) is 0. The number of hydrogen-bond acceptors (Lipinski definition) is 6. The van der Waals surface area contributed by atoms with Gasteiger partial charge in [-0.2, -0.15) is 0 Å². The highest BCUT2D eigenvalue weighted by Gasteiger charge is 2.28. The first-order valence-corrected chi connectivity index (χ1v) is 11.8. The lowest BCUT2D eigenvalue weighted by molar-refractivity contribution is 0.166. The molecule has 1 saturated heterocycles. The number of rotatable bonds is 8. The van der Waals surface area contributed by atoms with Gasteiger partial charge in [0.05, 0.1) is 24.3 Å². The molecule has 8 heteroatoms. The van der Waals surface area contributed by atoms with E-state index >= 15 is 0 Å². The molecule has 1 N–H and O–H groups in total. The molecule has 1 fully saturated rings. The predicted octanol–water partition coefficient (Wildman–Crippen LogP) is 3.13. The molecule has 7 nitrogen and oxygen atoms in total. The first kappa shape index (κ1) is 21.4. The number of sulfonamides is 1. The lowest BCUT2D eigenvalue weighted by Gasteiger charge is -2.39. The third kappa shape index (κ3) is 5.10. The zero-order chi connectivity index (χ0) is 21.7. The van der Waals surface area contributed by atoms with Crippen molar-refractivity contribution in [1.82, 2.24) is 9.62 Å². The van der Waals surface area contributed by atoms with Crippen molar-refractivity contribution in [2.45, 2.75) is 10.9 Å². The maximum Gasteiger partial charge on any atom is 0.240 e. The van der Waals surface area contributed by atoms with Crippen LogP contribution in [0.4, 0.5) is 5.69 Å². The Kier molecular flexibility index (Phi) is 6.60. The summed E-state index contributed by atoms with van der Waals surface area (Å²) >= 11 is 0. The van der Waals surface area contributed by atoms with Gasteiger partial charge in [0.1, 0.15) is 11.5 Å². The van der Waals surface area contributed by atoms with Crippen molar-refractivity contribution >= 4 is 15.7 Å². The lowest BCUT2D eigenvalue weighted by atomic mass is 10.1. The average molecular weight is 442 g/mol. The molecule has 2 heterocycles. The fraction of sp³-hybridized carbons (Fsp3) is 0.304. The van der Waals surface area contributed by atoms with E-state index in [1.54, 1.807) is 43.7 Å². The minimum atomic E-state index is -3.59. The zero-order valence-corrected chi connectivity index (χ0v) is 18.3. The number of nitrogens with one attached hydrogen (secondary N) is 1. The van der Waals surface area contributed by atoms with Gasteiger partial charge in [0.2, 0.25) is 10.0 Å². The van der Waals surface area contributed by atoms with Crippen LogP contribution in [0.15, 0.2) is 82.3 Å².